The van der Waals surface area contributed by atoms with Crippen molar-refractivity contribution >= 4 is 28.7 Å². The average Bonchev–Trinajstić information content (AvgIpc) is 3.69. The maximum atomic E-state index is 13.1. The number of primary amides is 1. The number of nitrogens with zero attached hydrogens (tertiary/aromatic N) is 1. The molecule has 3 aromatic carbocycles. The van der Waals surface area contributed by atoms with Crippen LogP contribution in [0, 0.1) is 0 Å². The van der Waals surface area contributed by atoms with Gasteiger partial charge in [0.1, 0.15) is 28.4 Å². The van der Waals surface area contributed by atoms with E-state index in [0.29, 0.717) is 52.9 Å². The van der Waals surface area contributed by atoms with E-state index in [1.54, 1.807) is 12.1 Å². The number of para-hydroxylation sites is 1. The maximum Gasteiger partial charge on any atom is 0.412 e. The lowest BCUT2D eigenvalue weighted by molar-refractivity contribution is 0.0640. The summed E-state index contributed by atoms with van der Waals surface area (Å²) in [4.78, 5) is 26.8. The quantitative estimate of drug-likeness (QED) is 0.263. The van der Waals surface area contributed by atoms with E-state index in [4.69, 9.17) is 24.4 Å². The Morgan fingerprint density at radius 2 is 1.62 bits per heavy atom. The second-order valence-electron chi connectivity index (χ2n) is 9.24. The number of fused-ring (bicyclic) bond motifs is 1. The van der Waals surface area contributed by atoms with Crippen molar-refractivity contribution in [2.45, 2.75) is 18.8 Å². The Balaban J connectivity index is 1.44. The highest BCUT2D eigenvalue weighted by molar-refractivity contribution is 6.11. The van der Waals surface area contributed by atoms with Crippen LogP contribution in [0.5, 0.6) is 11.5 Å². The topological polar surface area (TPSA) is 104 Å². The van der Waals surface area contributed by atoms with Crippen LogP contribution in [0.3, 0.4) is 0 Å². The molecule has 1 saturated heterocycles. The molecule has 1 saturated carbocycles. The van der Waals surface area contributed by atoms with Crippen molar-refractivity contribution in [1.82, 2.24) is 0 Å². The van der Waals surface area contributed by atoms with Crippen LogP contribution >= 0.6 is 0 Å². The van der Waals surface area contributed by atoms with Gasteiger partial charge < -0.3 is 29.3 Å². The van der Waals surface area contributed by atoms with Crippen LogP contribution in [0.4, 0.5) is 10.5 Å². The van der Waals surface area contributed by atoms with E-state index in [-0.39, 0.29) is 5.56 Å². The number of esters is 1. The molecule has 0 bridgehead atoms. The fourth-order valence-corrected chi connectivity index (χ4v) is 4.80. The Morgan fingerprint density at radius 1 is 0.919 bits per heavy atom. The third-order valence-corrected chi connectivity index (χ3v) is 6.70. The molecule has 8 heteroatoms. The molecular formula is C29H26N2O6. The molecule has 1 aliphatic carbocycles. The van der Waals surface area contributed by atoms with E-state index in [1.165, 1.54) is 5.56 Å². The molecule has 2 N–H and O–H groups in total. The Hall–Kier alpha value is -4.30. The van der Waals surface area contributed by atoms with Gasteiger partial charge in [0.2, 0.25) is 0 Å². The average molecular weight is 499 g/mol. The molecule has 1 aliphatic heterocycles. The minimum absolute atomic E-state index is 0.181. The number of hydrogen-bond donors (Lipinski definition) is 1. The second-order valence-corrected chi connectivity index (χ2v) is 9.24. The van der Waals surface area contributed by atoms with Crippen molar-refractivity contribution in [3.05, 3.63) is 77.9 Å². The second kappa shape index (κ2) is 9.63. The van der Waals surface area contributed by atoms with Crippen LogP contribution in [0.1, 0.15) is 34.7 Å². The number of nitrogens with two attached hydrogens (primary N) is 1. The molecule has 1 aromatic heterocycles. The molecule has 2 fully saturated rings. The number of hydrogen-bond acceptors (Lipinski definition) is 7. The van der Waals surface area contributed by atoms with Crippen molar-refractivity contribution in [1.29, 1.82) is 0 Å². The number of anilines is 1. The highest BCUT2D eigenvalue weighted by Gasteiger charge is 2.32. The van der Waals surface area contributed by atoms with Gasteiger partial charge in [-0.1, -0.05) is 18.2 Å². The lowest BCUT2D eigenvalue weighted by Gasteiger charge is -2.30. The number of carbonyl (C=O) groups is 2. The zero-order chi connectivity index (χ0) is 25.4. The number of carbonyl (C=O) groups excluding carboxylic acids is 2. The number of benzene rings is 3. The molecule has 0 atom stereocenters. The number of amides is 1. The molecule has 0 unspecified atom stereocenters. The molecule has 2 heterocycles. The summed E-state index contributed by atoms with van der Waals surface area (Å²) in [7, 11) is 0. The van der Waals surface area contributed by atoms with Gasteiger partial charge in [-0.05, 0) is 66.8 Å². The Labute approximate surface area is 213 Å². The zero-order valence-corrected chi connectivity index (χ0v) is 20.1. The molecule has 0 spiro atoms. The van der Waals surface area contributed by atoms with Crippen LogP contribution in [0.2, 0.25) is 0 Å². The van der Waals surface area contributed by atoms with Gasteiger partial charge in [0.05, 0.1) is 13.2 Å². The van der Waals surface area contributed by atoms with Crippen molar-refractivity contribution in [2.75, 3.05) is 31.2 Å². The lowest BCUT2D eigenvalue weighted by atomic mass is 10.00. The Bertz CT molecular complexity index is 1450. The first-order valence-electron chi connectivity index (χ1n) is 12.3. The summed E-state index contributed by atoms with van der Waals surface area (Å²) < 4.78 is 22.5. The zero-order valence-electron chi connectivity index (χ0n) is 20.1. The van der Waals surface area contributed by atoms with Crippen LogP contribution < -0.4 is 15.4 Å². The van der Waals surface area contributed by atoms with E-state index in [9.17, 15) is 9.59 Å². The van der Waals surface area contributed by atoms with Crippen LogP contribution in [0.15, 0.2) is 71.1 Å². The van der Waals surface area contributed by atoms with Gasteiger partial charge in [0, 0.05) is 35.8 Å². The smallest absolute Gasteiger partial charge is 0.412 e. The summed E-state index contributed by atoms with van der Waals surface area (Å²) in [6, 6.07) is 20.7. The Morgan fingerprint density at radius 3 is 2.30 bits per heavy atom. The van der Waals surface area contributed by atoms with E-state index < -0.39 is 12.1 Å². The number of morpholine rings is 1. The molecule has 4 aromatic rings. The van der Waals surface area contributed by atoms with Crippen molar-refractivity contribution in [2.24, 2.45) is 5.73 Å². The van der Waals surface area contributed by atoms with Gasteiger partial charge in [-0.15, -0.1) is 0 Å². The van der Waals surface area contributed by atoms with Crippen molar-refractivity contribution < 1.29 is 28.2 Å². The summed E-state index contributed by atoms with van der Waals surface area (Å²) in [5, 5.41) is 0.602. The van der Waals surface area contributed by atoms with Crippen LogP contribution in [0.25, 0.3) is 22.3 Å². The summed E-state index contributed by atoms with van der Waals surface area (Å²) in [6.07, 6.45) is 1.03. The van der Waals surface area contributed by atoms with Gasteiger partial charge in [-0.2, -0.15) is 0 Å². The maximum absolute atomic E-state index is 13.1. The van der Waals surface area contributed by atoms with E-state index in [1.807, 2.05) is 54.6 Å². The standard InChI is InChI=1S/C29H26N2O6/c30-29(33)37-28(32)26-23-16-22(18-6-7-18)24(31-12-14-34-15-13-31)17-25(23)36-27(26)19-8-10-21(11-9-19)35-20-4-2-1-3-5-20/h1-5,8-11,16-18H,6-7,12-15H2,(H2,30,33). The summed E-state index contributed by atoms with van der Waals surface area (Å²) in [5.74, 6) is 1.25. The molecule has 1 amide bonds. The van der Waals surface area contributed by atoms with Crippen molar-refractivity contribution in [3.63, 3.8) is 0 Å². The largest absolute Gasteiger partial charge is 0.457 e. The van der Waals surface area contributed by atoms with E-state index in [0.717, 1.165) is 31.6 Å². The fourth-order valence-electron chi connectivity index (χ4n) is 4.80. The highest BCUT2D eigenvalue weighted by Crippen LogP contribution is 2.48. The first kappa shape index (κ1) is 23.1. The fraction of sp³-hybridized carbons (Fsp3) is 0.241. The molecular weight excluding hydrogens is 472 g/mol. The summed E-state index contributed by atoms with van der Waals surface area (Å²) in [6.45, 7) is 2.91. The monoisotopic (exact) mass is 498 g/mol. The minimum atomic E-state index is -1.16. The van der Waals surface area contributed by atoms with Crippen molar-refractivity contribution in [3.8, 4) is 22.8 Å². The van der Waals surface area contributed by atoms with Crippen LogP contribution in [-0.4, -0.2) is 38.4 Å². The van der Waals surface area contributed by atoms with Gasteiger partial charge >= 0.3 is 12.1 Å². The van der Waals surface area contributed by atoms with Crippen LogP contribution in [-0.2, 0) is 9.47 Å². The normalized spacial score (nSPS) is 15.5. The third kappa shape index (κ3) is 4.75. The predicted molar refractivity (Wildman–Crippen MR) is 138 cm³/mol. The highest BCUT2D eigenvalue weighted by atomic mass is 16.6. The van der Waals surface area contributed by atoms with E-state index >= 15 is 0 Å². The molecule has 6 rings (SSSR count). The Kier molecular flexibility index (Phi) is 6.02. The molecule has 0 radical (unpaired) electrons. The number of rotatable bonds is 6. The van der Waals surface area contributed by atoms with Gasteiger partial charge in [0.15, 0.2) is 0 Å². The number of ether oxygens (including phenoxy) is 3. The molecule has 8 nitrogen and oxygen atoms in total. The van der Waals surface area contributed by atoms with E-state index in [2.05, 4.69) is 4.90 Å². The number of furan rings is 1. The molecule has 188 valence electrons. The van der Waals surface area contributed by atoms with Gasteiger partial charge in [0.25, 0.3) is 0 Å². The lowest BCUT2D eigenvalue weighted by Crippen LogP contribution is -2.36. The van der Waals surface area contributed by atoms with Gasteiger partial charge in [-0.3, -0.25) is 0 Å². The first-order valence-corrected chi connectivity index (χ1v) is 12.3. The third-order valence-electron chi connectivity index (χ3n) is 6.70. The van der Waals surface area contributed by atoms with Gasteiger partial charge in [-0.25, -0.2) is 9.59 Å². The molecule has 2 aliphatic rings. The first-order chi connectivity index (χ1) is 18.1. The summed E-state index contributed by atoms with van der Waals surface area (Å²) >= 11 is 0. The SMILES string of the molecule is NC(=O)OC(=O)c1c(-c2ccc(Oc3ccccc3)cc2)oc2cc(N3CCOCC3)c(C3CC3)cc12. The summed E-state index contributed by atoms with van der Waals surface area (Å²) in [5.41, 5.74) is 8.82. The molecule has 37 heavy (non-hydrogen) atoms. The minimum Gasteiger partial charge on any atom is -0.457 e. The predicted octanol–water partition coefficient (Wildman–Crippen LogP) is 5.84.